The van der Waals surface area contributed by atoms with Gasteiger partial charge in [-0.1, -0.05) is 38.1 Å². The Labute approximate surface area is 124 Å². The number of para-hydroxylation sites is 2. The molecule has 3 heteroatoms. The van der Waals surface area contributed by atoms with Gasteiger partial charge in [0.2, 0.25) is 0 Å². The predicted molar refractivity (Wildman–Crippen MR) is 88.9 cm³/mol. The molecule has 108 valence electrons. The lowest BCUT2D eigenvalue weighted by Gasteiger charge is -2.16. The van der Waals surface area contributed by atoms with Gasteiger partial charge in [0.15, 0.2) is 5.43 Å². The number of nitrogens with one attached hydrogen (secondary N) is 1. The Balaban J connectivity index is 2.22. The van der Waals surface area contributed by atoms with E-state index in [9.17, 15) is 4.79 Å². The van der Waals surface area contributed by atoms with Crippen molar-refractivity contribution in [1.29, 1.82) is 0 Å². The van der Waals surface area contributed by atoms with E-state index in [1.807, 2.05) is 48.5 Å². The number of rotatable bonds is 4. The fourth-order valence-electron chi connectivity index (χ4n) is 2.78. The molecule has 0 aliphatic carbocycles. The number of aromatic nitrogens is 1. The first-order valence-corrected chi connectivity index (χ1v) is 7.42. The summed E-state index contributed by atoms with van der Waals surface area (Å²) in [6.45, 7) is 6.01. The van der Waals surface area contributed by atoms with Crippen molar-refractivity contribution < 1.29 is 0 Å². The maximum atomic E-state index is 12.6. The van der Waals surface area contributed by atoms with Crippen LogP contribution in [0.15, 0.2) is 53.3 Å². The van der Waals surface area contributed by atoms with Gasteiger partial charge in [0.25, 0.3) is 0 Å². The molecule has 0 aliphatic rings. The first kappa shape index (κ1) is 13.8. The Morgan fingerprint density at radius 3 is 2.00 bits per heavy atom. The molecule has 3 rings (SSSR count). The third kappa shape index (κ3) is 2.57. The van der Waals surface area contributed by atoms with Crippen LogP contribution in [-0.2, 0) is 6.54 Å². The van der Waals surface area contributed by atoms with Crippen LogP contribution in [0, 0.1) is 0 Å². The molecule has 1 aromatic heterocycles. The third-order valence-corrected chi connectivity index (χ3v) is 3.77. The number of hydrogen-bond donors (Lipinski definition) is 1. The van der Waals surface area contributed by atoms with Crippen LogP contribution in [0.4, 0.5) is 0 Å². The lowest BCUT2D eigenvalue weighted by Crippen LogP contribution is -2.27. The van der Waals surface area contributed by atoms with E-state index < -0.39 is 0 Å². The van der Waals surface area contributed by atoms with Crippen molar-refractivity contribution in [2.45, 2.75) is 26.4 Å². The summed E-state index contributed by atoms with van der Waals surface area (Å²) in [5, 5.41) is 5.02. The molecule has 3 nitrogen and oxygen atoms in total. The van der Waals surface area contributed by atoms with Crippen LogP contribution in [0.2, 0.25) is 0 Å². The molecule has 2 aromatic carbocycles. The predicted octanol–water partition coefficient (Wildman–Crippen LogP) is 3.15. The van der Waals surface area contributed by atoms with Crippen LogP contribution >= 0.6 is 0 Å². The van der Waals surface area contributed by atoms with Gasteiger partial charge in [0, 0.05) is 29.9 Å². The maximum Gasteiger partial charge on any atom is 0.197 e. The van der Waals surface area contributed by atoms with E-state index in [1.54, 1.807) is 0 Å². The quantitative estimate of drug-likeness (QED) is 0.745. The number of hydrogen-bond acceptors (Lipinski definition) is 2. The van der Waals surface area contributed by atoms with Crippen molar-refractivity contribution in [2.24, 2.45) is 0 Å². The highest BCUT2D eigenvalue weighted by molar-refractivity contribution is 5.93. The second-order valence-corrected chi connectivity index (χ2v) is 5.62. The standard InChI is InChI=1S/C18H20N2O/c1-13(2)19-11-12-20-16-9-5-3-7-14(16)18(21)15-8-4-6-10-17(15)20/h3-10,13,19H,11-12H2,1-2H3. The smallest absolute Gasteiger partial charge is 0.197 e. The summed E-state index contributed by atoms with van der Waals surface area (Å²) in [5.41, 5.74) is 2.13. The molecular weight excluding hydrogens is 260 g/mol. The van der Waals surface area contributed by atoms with Gasteiger partial charge in [-0.15, -0.1) is 0 Å². The van der Waals surface area contributed by atoms with Gasteiger partial charge in [-0.3, -0.25) is 4.79 Å². The van der Waals surface area contributed by atoms with Crippen LogP contribution in [0.3, 0.4) is 0 Å². The first-order chi connectivity index (χ1) is 10.2. The lowest BCUT2D eigenvalue weighted by molar-refractivity contribution is 0.552. The number of nitrogens with zero attached hydrogens (tertiary/aromatic N) is 1. The average molecular weight is 280 g/mol. The van der Waals surface area contributed by atoms with Crippen molar-refractivity contribution >= 4 is 21.8 Å². The van der Waals surface area contributed by atoms with Crippen molar-refractivity contribution in [3.05, 3.63) is 58.8 Å². The topological polar surface area (TPSA) is 34.0 Å². The molecule has 0 spiro atoms. The van der Waals surface area contributed by atoms with Gasteiger partial charge in [-0.2, -0.15) is 0 Å². The van der Waals surface area contributed by atoms with Crippen molar-refractivity contribution in [3.63, 3.8) is 0 Å². The van der Waals surface area contributed by atoms with E-state index in [4.69, 9.17) is 0 Å². The van der Waals surface area contributed by atoms with E-state index in [1.165, 1.54) is 0 Å². The van der Waals surface area contributed by atoms with Crippen molar-refractivity contribution in [3.8, 4) is 0 Å². The summed E-state index contributed by atoms with van der Waals surface area (Å²) in [5.74, 6) is 0. The number of fused-ring (bicyclic) bond motifs is 2. The van der Waals surface area contributed by atoms with Gasteiger partial charge >= 0.3 is 0 Å². The highest BCUT2D eigenvalue weighted by atomic mass is 16.1. The Morgan fingerprint density at radius 2 is 1.48 bits per heavy atom. The van der Waals surface area contributed by atoms with Crippen LogP contribution in [0.25, 0.3) is 21.8 Å². The molecule has 0 bridgehead atoms. The normalized spacial score (nSPS) is 11.6. The molecule has 0 radical (unpaired) electrons. The zero-order valence-corrected chi connectivity index (χ0v) is 12.5. The van der Waals surface area contributed by atoms with E-state index in [0.717, 1.165) is 34.9 Å². The van der Waals surface area contributed by atoms with Crippen LogP contribution in [0.1, 0.15) is 13.8 Å². The van der Waals surface area contributed by atoms with Crippen molar-refractivity contribution in [2.75, 3.05) is 6.54 Å². The second-order valence-electron chi connectivity index (χ2n) is 5.62. The zero-order valence-electron chi connectivity index (χ0n) is 12.5. The van der Waals surface area contributed by atoms with E-state index in [0.29, 0.717) is 6.04 Å². The van der Waals surface area contributed by atoms with Gasteiger partial charge in [0.05, 0.1) is 11.0 Å². The minimum Gasteiger partial charge on any atom is -0.339 e. The molecule has 0 saturated heterocycles. The second kappa shape index (κ2) is 5.70. The summed E-state index contributed by atoms with van der Waals surface area (Å²) in [6, 6.07) is 16.2. The van der Waals surface area contributed by atoms with Gasteiger partial charge < -0.3 is 9.88 Å². The highest BCUT2D eigenvalue weighted by Gasteiger charge is 2.09. The highest BCUT2D eigenvalue weighted by Crippen LogP contribution is 2.18. The summed E-state index contributed by atoms with van der Waals surface area (Å²) < 4.78 is 2.24. The van der Waals surface area contributed by atoms with E-state index in [2.05, 4.69) is 23.7 Å². The third-order valence-electron chi connectivity index (χ3n) is 3.77. The summed E-state index contributed by atoms with van der Waals surface area (Å²) in [4.78, 5) is 12.6. The molecule has 0 fully saturated rings. The molecule has 0 unspecified atom stereocenters. The SMILES string of the molecule is CC(C)NCCn1c2ccccc2c(=O)c2ccccc21. The van der Waals surface area contributed by atoms with Gasteiger partial charge in [-0.05, 0) is 24.3 Å². The van der Waals surface area contributed by atoms with Gasteiger partial charge in [-0.25, -0.2) is 0 Å². The van der Waals surface area contributed by atoms with E-state index in [-0.39, 0.29) is 5.43 Å². The van der Waals surface area contributed by atoms with Crippen molar-refractivity contribution in [1.82, 2.24) is 9.88 Å². The fraction of sp³-hybridized carbons (Fsp3) is 0.278. The van der Waals surface area contributed by atoms with Crippen LogP contribution in [0.5, 0.6) is 0 Å². The maximum absolute atomic E-state index is 12.6. The minimum absolute atomic E-state index is 0.120. The molecule has 1 heterocycles. The van der Waals surface area contributed by atoms with Crippen LogP contribution < -0.4 is 10.7 Å². The molecule has 0 aliphatic heterocycles. The molecule has 0 atom stereocenters. The fourth-order valence-corrected chi connectivity index (χ4v) is 2.78. The van der Waals surface area contributed by atoms with Crippen LogP contribution in [-0.4, -0.2) is 17.2 Å². The molecule has 0 saturated carbocycles. The zero-order chi connectivity index (χ0) is 14.8. The molecule has 1 N–H and O–H groups in total. The number of pyridine rings is 1. The molecule has 0 amide bonds. The minimum atomic E-state index is 0.120. The largest absolute Gasteiger partial charge is 0.339 e. The van der Waals surface area contributed by atoms with E-state index >= 15 is 0 Å². The Bertz CT molecular complexity index is 773. The lowest BCUT2D eigenvalue weighted by atomic mass is 10.1. The first-order valence-electron chi connectivity index (χ1n) is 7.42. The summed E-state index contributed by atoms with van der Waals surface area (Å²) in [6.07, 6.45) is 0. The van der Waals surface area contributed by atoms with Gasteiger partial charge in [0.1, 0.15) is 0 Å². The summed E-state index contributed by atoms with van der Waals surface area (Å²) in [7, 11) is 0. The Kier molecular flexibility index (Phi) is 3.76. The molecule has 3 aromatic rings. The number of benzene rings is 2. The summed E-state index contributed by atoms with van der Waals surface area (Å²) >= 11 is 0. The monoisotopic (exact) mass is 280 g/mol. The molecule has 21 heavy (non-hydrogen) atoms. The Hall–Kier alpha value is -2.13. The Morgan fingerprint density at radius 1 is 0.952 bits per heavy atom. The molecular formula is C18H20N2O. The average Bonchev–Trinajstić information content (AvgIpc) is 2.50.